The SMILES string of the molecule is Cc1nc(Cl)nc2c1NC(=O)C(C(C)(C)O)N2C. The van der Waals surface area contributed by atoms with Gasteiger partial charge in [-0.15, -0.1) is 0 Å². The van der Waals surface area contributed by atoms with Gasteiger partial charge >= 0.3 is 0 Å². The summed E-state index contributed by atoms with van der Waals surface area (Å²) in [5.74, 6) is 0.228. The molecule has 6 nitrogen and oxygen atoms in total. The third-order valence-corrected chi connectivity index (χ3v) is 3.10. The molecule has 1 unspecified atom stereocenters. The van der Waals surface area contributed by atoms with Crippen molar-refractivity contribution in [3.05, 3.63) is 11.0 Å². The predicted octanol–water partition coefficient (Wildman–Crippen LogP) is 0.966. The predicted molar refractivity (Wildman–Crippen MR) is 68.9 cm³/mol. The molecule has 0 radical (unpaired) electrons. The number of rotatable bonds is 1. The van der Waals surface area contributed by atoms with E-state index in [9.17, 15) is 9.90 Å². The van der Waals surface area contributed by atoms with E-state index < -0.39 is 11.6 Å². The van der Waals surface area contributed by atoms with E-state index in [1.54, 1.807) is 32.7 Å². The van der Waals surface area contributed by atoms with Gasteiger partial charge in [-0.2, -0.15) is 4.98 Å². The number of aliphatic hydroxyl groups is 1. The summed E-state index contributed by atoms with van der Waals surface area (Å²) in [6.45, 7) is 4.90. The highest BCUT2D eigenvalue weighted by Gasteiger charge is 2.42. The normalized spacial score (nSPS) is 19.6. The van der Waals surface area contributed by atoms with E-state index in [0.717, 1.165) is 0 Å². The molecule has 0 saturated carbocycles. The number of carbonyl (C=O) groups excluding carboxylic acids is 1. The molecular weight excluding hydrogens is 256 g/mol. The molecule has 98 valence electrons. The Balaban J connectivity index is 2.56. The van der Waals surface area contributed by atoms with Crippen LogP contribution in [-0.2, 0) is 4.79 Å². The van der Waals surface area contributed by atoms with Crippen molar-refractivity contribution in [2.24, 2.45) is 0 Å². The smallest absolute Gasteiger partial charge is 0.250 e. The lowest BCUT2D eigenvalue weighted by atomic mass is 9.95. The minimum Gasteiger partial charge on any atom is -0.388 e. The van der Waals surface area contributed by atoms with Crippen molar-refractivity contribution in [3.8, 4) is 0 Å². The number of carbonyl (C=O) groups is 1. The van der Waals surface area contributed by atoms with Gasteiger partial charge < -0.3 is 15.3 Å². The summed E-state index contributed by atoms with van der Waals surface area (Å²) in [5.41, 5.74) is -0.0613. The Morgan fingerprint density at radius 3 is 2.61 bits per heavy atom. The van der Waals surface area contributed by atoms with E-state index in [1.807, 2.05) is 0 Å². The van der Waals surface area contributed by atoms with Gasteiger partial charge in [-0.1, -0.05) is 0 Å². The van der Waals surface area contributed by atoms with Crippen LogP contribution in [0.15, 0.2) is 0 Å². The highest BCUT2D eigenvalue weighted by molar-refractivity contribution is 6.28. The topological polar surface area (TPSA) is 78.3 Å². The molecule has 0 aliphatic carbocycles. The molecule has 7 heteroatoms. The average Bonchev–Trinajstić information content (AvgIpc) is 2.18. The van der Waals surface area contributed by atoms with E-state index >= 15 is 0 Å². The zero-order chi connectivity index (χ0) is 13.7. The molecule has 2 N–H and O–H groups in total. The van der Waals surface area contributed by atoms with E-state index in [0.29, 0.717) is 17.2 Å². The maximum Gasteiger partial charge on any atom is 0.250 e. The zero-order valence-corrected chi connectivity index (χ0v) is 11.4. The number of aromatic nitrogens is 2. The molecule has 0 aromatic carbocycles. The van der Waals surface area contributed by atoms with Crippen molar-refractivity contribution in [1.29, 1.82) is 0 Å². The number of amides is 1. The van der Waals surface area contributed by atoms with Crippen LogP contribution in [0.5, 0.6) is 0 Å². The number of nitrogens with one attached hydrogen (secondary N) is 1. The fourth-order valence-electron chi connectivity index (χ4n) is 2.21. The van der Waals surface area contributed by atoms with Crippen molar-refractivity contribution in [2.45, 2.75) is 32.4 Å². The number of halogens is 1. The summed E-state index contributed by atoms with van der Waals surface area (Å²) in [4.78, 5) is 21.8. The first-order valence-corrected chi connectivity index (χ1v) is 5.90. The van der Waals surface area contributed by atoms with Crippen molar-refractivity contribution < 1.29 is 9.90 Å². The van der Waals surface area contributed by atoms with E-state index in [-0.39, 0.29) is 11.2 Å². The zero-order valence-electron chi connectivity index (χ0n) is 10.7. The summed E-state index contributed by atoms with van der Waals surface area (Å²) in [7, 11) is 1.70. The molecule has 0 saturated heterocycles. The second-order valence-electron chi connectivity index (χ2n) is 4.93. The van der Waals surface area contributed by atoms with Crippen molar-refractivity contribution in [2.75, 3.05) is 17.3 Å². The maximum absolute atomic E-state index is 12.0. The number of fused-ring (bicyclic) bond motifs is 1. The lowest BCUT2D eigenvalue weighted by Crippen LogP contribution is -2.57. The first-order chi connectivity index (χ1) is 8.21. The van der Waals surface area contributed by atoms with E-state index in [4.69, 9.17) is 11.6 Å². The van der Waals surface area contributed by atoms with Gasteiger partial charge in [-0.05, 0) is 32.4 Å². The van der Waals surface area contributed by atoms with Crippen LogP contribution in [0.1, 0.15) is 19.5 Å². The number of hydrogen-bond acceptors (Lipinski definition) is 5. The Morgan fingerprint density at radius 1 is 1.44 bits per heavy atom. The van der Waals surface area contributed by atoms with Gasteiger partial charge in [0.2, 0.25) is 11.2 Å². The van der Waals surface area contributed by atoms with E-state index in [1.165, 1.54) is 0 Å². The van der Waals surface area contributed by atoms with Crippen LogP contribution < -0.4 is 10.2 Å². The molecular formula is C11H15ClN4O2. The summed E-state index contributed by atoms with van der Waals surface area (Å²) < 4.78 is 0. The van der Waals surface area contributed by atoms with Gasteiger partial charge in [0.1, 0.15) is 11.7 Å². The number of nitrogens with zero attached hydrogens (tertiary/aromatic N) is 3. The molecule has 1 aliphatic heterocycles. The van der Waals surface area contributed by atoms with Crippen LogP contribution in [0.2, 0.25) is 5.28 Å². The summed E-state index contributed by atoms with van der Waals surface area (Å²) >= 11 is 5.82. The largest absolute Gasteiger partial charge is 0.388 e. The van der Waals surface area contributed by atoms with Crippen LogP contribution in [0.4, 0.5) is 11.5 Å². The van der Waals surface area contributed by atoms with Crippen molar-refractivity contribution >= 4 is 29.0 Å². The Morgan fingerprint density at radius 2 is 2.06 bits per heavy atom. The Kier molecular flexibility index (Phi) is 2.95. The molecule has 2 rings (SSSR count). The van der Waals surface area contributed by atoms with Gasteiger partial charge in [0.15, 0.2) is 5.82 Å². The van der Waals surface area contributed by atoms with Gasteiger partial charge in [-0.25, -0.2) is 4.98 Å². The Labute approximate surface area is 110 Å². The summed E-state index contributed by atoms with van der Waals surface area (Å²) in [6, 6.07) is -0.727. The lowest BCUT2D eigenvalue weighted by molar-refractivity contribution is -0.122. The fourth-order valence-corrected chi connectivity index (χ4v) is 2.42. The second-order valence-corrected chi connectivity index (χ2v) is 5.27. The van der Waals surface area contributed by atoms with Crippen LogP contribution in [-0.4, -0.2) is 39.7 Å². The van der Waals surface area contributed by atoms with E-state index in [2.05, 4.69) is 15.3 Å². The molecule has 18 heavy (non-hydrogen) atoms. The molecule has 1 amide bonds. The number of anilines is 2. The van der Waals surface area contributed by atoms with Gasteiger partial charge in [0.05, 0.1) is 11.3 Å². The second kappa shape index (κ2) is 4.07. The summed E-state index contributed by atoms with van der Waals surface area (Å²) in [6.07, 6.45) is 0. The third-order valence-electron chi connectivity index (χ3n) is 2.93. The minimum atomic E-state index is -1.19. The maximum atomic E-state index is 12.0. The van der Waals surface area contributed by atoms with Gasteiger partial charge in [0.25, 0.3) is 0 Å². The minimum absolute atomic E-state index is 0.115. The first kappa shape index (κ1) is 13.0. The quantitative estimate of drug-likeness (QED) is 0.744. The molecule has 1 atom stereocenters. The number of aryl methyl sites for hydroxylation is 1. The number of likely N-dealkylation sites (N-methyl/N-ethyl adjacent to an activating group) is 1. The van der Waals surface area contributed by atoms with Crippen molar-refractivity contribution in [1.82, 2.24) is 9.97 Å². The first-order valence-electron chi connectivity index (χ1n) is 5.52. The standard InChI is InChI=1S/C11H15ClN4O2/c1-5-6-8(15-10(12)13-5)16(4)7(9(17)14-6)11(2,3)18/h7,18H,1-4H3,(H,14,17). The summed E-state index contributed by atoms with van der Waals surface area (Å²) in [5, 5.41) is 12.9. The molecule has 0 bridgehead atoms. The van der Waals surface area contributed by atoms with Crippen LogP contribution in [0.3, 0.4) is 0 Å². The third kappa shape index (κ3) is 2.02. The average molecular weight is 271 g/mol. The molecule has 1 aromatic heterocycles. The Bertz CT molecular complexity index is 513. The fraction of sp³-hybridized carbons (Fsp3) is 0.545. The van der Waals surface area contributed by atoms with Gasteiger partial charge in [0, 0.05) is 7.05 Å². The molecule has 0 spiro atoms. The lowest BCUT2D eigenvalue weighted by Gasteiger charge is -2.40. The molecule has 0 fully saturated rings. The number of hydrogen-bond donors (Lipinski definition) is 2. The molecule has 2 heterocycles. The monoisotopic (exact) mass is 270 g/mol. The van der Waals surface area contributed by atoms with Crippen LogP contribution in [0.25, 0.3) is 0 Å². The van der Waals surface area contributed by atoms with Crippen molar-refractivity contribution in [3.63, 3.8) is 0 Å². The highest BCUT2D eigenvalue weighted by Crippen LogP contribution is 2.34. The molecule has 1 aliphatic rings. The molecule has 1 aromatic rings. The van der Waals surface area contributed by atoms with Crippen LogP contribution >= 0.6 is 11.6 Å². The Hall–Kier alpha value is -1.40. The van der Waals surface area contributed by atoms with Crippen LogP contribution in [0, 0.1) is 6.92 Å². The highest BCUT2D eigenvalue weighted by atomic mass is 35.5. The van der Waals surface area contributed by atoms with Gasteiger partial charge in [-0.3, -0.25) is 4.79 Å².